The fraction of sp³-hybridized carbons (Fsp3) is 0.545. The number of aromatic nitrogens is 2. The van der Waals surface area contributed by atoms with Gasteiger partial charge in [0.2, 0.25) is 11.9 Å². The minimum Gasteiger partial charge on any atom is -0.358 e. The molecule has 0 radical (unpaired) electrons. The summed E-state index contributed by atoms with van der Waals surface area (Å²) in [7, 11) is 0. The van der Waals surface area contributed by atoms with Gasteiger partial charge in [-0.2, -0.15) is 4.98 Å². The third-order valence-corrected chi connectivity index (χ3v) is 2.29. The zero-order valence-corrected chi connectivity index (χ0v) is 10.9. The monoisotopic (exact) mass is 252 g/mol. The molecule has 7 nitrogen and oxygen atoms in total. The van der Waals surface area contributed by atoms with Gasteiger partial charge in [0.1, 0.15) is 11.9 Å². The molecule has 1 amide bonds. The number of hydrogen-bond donors (Lipinski definition) is 4. The Morgan fingerprint density at radius 3 is 2.83 bits per heavy atom. The van der Waals surface area contributed by atoms with E-state index in [0.717, 1.165) is 12.1 Å². The van der Waals surface area contributed by atoms with Gasteiger partial charge in [0.25, 0.3) is 0 Å². The number of nitrogen functional groups attached to an aromatic ring is 1. The van der Waals surface area contributed by atoms with Crippen molar-refractivity contribution in [1.29, 1.82) is 0 Å². The second-order valence-corrected chi connectivity index (χ2v) is 4.02. The first-order valence-corrected chi connectivity index (χ1v) is 5.93. The lowest BCUT2D eigenvalue weighted by molar-refractivity contribution is -0.121. The first kappa shape index (κ1) is 14.2. The molecule has 0 fully saturated rings. The Labute approximate surface area is 107 Å². The van der Waals surface area contributed by atoms with E-state index in [-0.39, 0.29) is 11.9 Å². The van der Waals surface area contributed by atoms with E-state index in [1.54, 1.807) is 13.0 Å². The van der Waals surface area contributed by atoms with Crippen molar-refractivity contribution in [1.82, 2.24) is 15.3 Å². The van der Waals surface area contributed by atoms with E-state index in [1.165, 1.54) is 0 Å². The lowest BCUT2D eigenvalue weighted by Crippen LogP contribution is -2.38. The first-order chi connectivity index (χ1) is 8.56. The van der Waals surface area contributed by atoms with Crippen molar-refractivity contribution in [3.8, 4) is 0 Å². The SMILES string of the molecule is CCCNC(=O)C(C)Nc1cc(C)nc(NN)n1. The Hall–Kier alpha value is -1.89. The van der Waals surface area contributed by atoms with Gasteiger partial charge < -0.3 is 10.6 Å². The molecule has 0 aliphatic carbocycles. The fourth-order valence-corrected chi connectivity index (χ4v) is 1.40. The van der Waals surface area contributed by atoms with Gasteiger partial charge in [0.15, 0.2) is 0 Å². The molecule has 7 heteroatoms. The highest BCUT2D eigenvalue weighted by Gasteiger charge is 2.12. The number of nitrogens with one attached hydrogen (secondary N) is 3. The molecule has 0 aliphatic rings. The minimum atomic E-state index is -0.364. The van der Waals surface area contributed by atoms with Crippen LogP contribution >= 0.6 is 0 Å². The van der Waals surface area contributed by atoms with E-state index in [9.17, 15) is 4.79 Å². The standard InChI is InChI=1S/C11H20N6O/c1-4-5-13-10(18)8(3)15-9-6-7(2)14-11(16-9)17-12/h6,8H,4-5,12H2,1-3H3,(H,13,18)(H2,14,15,16,17). The summed E-state index contributed by atoms with van der Waals surface area (Å²) in [6.45, 7) is 6.28. The Morgan fingerprint density at radius 2 is 2.22 bits per heavy atom. The summed E-state index contributed by atoms with van der Waals surface area (Å²) < 4.78 is 0. The number of carbonyl (C=O) groups excluding carboxylic acids is 1. The van der Waals surface area contributed by atoms with Crippen LogP contribution in [0.4, 0.5) is 11.8 Å². The van der Waals surface area contributed by atoms with Crippen LogP contribution in [-0.2, 0) is 4.79 Å². The summed E-state index contributed by atoms with van der Waals surface area (Å²) >= 11 is 0. The van der Waals surface area contributed by atoms with E-state index in [4.69, 9.17) is 5.84 Å². The second-order valence-electron chi connectivity index (χ2n) is 4.02. The minimum absolute atomic E-state index is 0.0598. The maximum atomic E-state index is 11.7. The Balaban J connectivity index is 2.66. The van der Waals surface area contributed by atoms with Gasteiger partial charge in [0, 0.05) is 18.3 Å². The Morgan fingerprint density at radius 1 is 1.50 bits per heavy atom. The van der Waals surface area contributed by atoms with Gasteiger partial charge in [-0.05, 0) is 20.3 Å². The number of rotatable bonds is 6. The molecule has 1 heterocycles. The molecule has 1 aromatic rings. The summed E-state index contributed by atoms with van der Waals surface area (Å²) in [5, 5.41) is 5.82. The van der Waals surface area contributed by atoms with E-state index in [0.29, 0.717) is 18.3 Å². The molecule has 0 aliphatic heterocycles. The number of carbonyl (C=O) groups is 1. The summed E-state index contributed by atoms with van der Waals surface area (Å²) in [5.74, 6) is 6.08. The average molecular weight is 252 g/mol. The van der Waals surface area contributed by atoms with Crippen LogP contribution in [0.1, 0.15) is 26.0 Å². The number of anilines is 2. The molecule has 0 bridgehead atoms. The summed E-state index contributed by atoms with van der Waals surface area (Å²) in [5.41, 5.74) is 3.15. The van der Waals surface area contributed by atoms with E-state index in [1.807, 2.05) is 13.8 Å². The van der Waals surface area contributed by atoms with Crippen molar-refractivity contribution in [2.24, 2.45) is 5.84 Å². The molecule has 18 heavy (non-hydrogen) atoms. The van der Waals surface area contributed by atoms with Crippen molar-refractivity contribution in [2.75, 3.05) is 17.3 Å². The fourth-order valence-electron chi connectivity index (χ4n) is 1.40. The maximum Gasteiger partial charge on any atom is 0.242 e. The third-order valence-electron chi connectivity index (χ3n) is 2.29. The van der Waals surface area contributed by atoms with Crippen LogP contribution < -0.4 is 21.9 Å². The molecule has 0 spiro atoms. The summed E-state index contributed by atoms with van der Waals surface area (Å²) in [6, 6.07) is 1.39. The zero-order valence-electron chi connectivity index (χ0n) is 10.9. The maximum absolute atomic E-state index is 11.7. The van der Waals surface area contributed by atoms with Crippen LogP contribution in [0.5, 0.6) is 0 Å². The molecule has 1 unspecified atom stereocenters. The van der Waals surface area contributed by atoms with Crippen molar-refractivity contribution in [3.05, 3.63) is 11.8 Å². The van der Waals surface area contributed by atoms with Crippen LogP contribution in [-0.4, -0.2) is 28.5 Å². The zero-order chi connectivity index (χ0) is 13.5. The number of nitrogens with zero attached hydrogens (tertiary/aromatic N) is 2. The van der Waals surface area contributed by atoms with Gasteiger partial charge in [-0.1, -0.05) is 6.92 Å². The molecule has 100 valence electrons. The van der Waals surface area contributed by atoms with Crippen molar-refractivity contribution in [2.45, 2.75) is 33.2 Å². The molecule has 0 saturated carbocycles. The molecule has 1 rings (SSSR count). The molecular formula is C11H20N6O. The number of aryl methyl sites for hydroxylation is 1. The molecule has 0 saturated heterocycles. The lowest BCUT2D eigenvalue weighted by Gasteiger charge is -2.15. The molecule has 0 aromatic carbocycles. The van der Waals surface area contributed by atoms with Crippen LogP contribution in [0.25, 0.3) is 0 Å². The van der Waals surface area contributed by atoms with Crippen LogP contribution in [0.3, 0.4) is 0 Å². The predicted octanol–water partition coefficient (Wildman–Crippen LogP) is 0.397. The number of amides is 1. The Bertz CT molecular complexity index is 409. The third kappa shape index (κ3) is 4.17. The number of hydrazine groups is 1. The highest BCUT2D eigenvalue weighted by molar-refractivity contribution is 5.83. The average Bonchev–Trinajstić information content (AvgIpc) is 2.34. The van der Waals surface area contributed by atoms with Gasteiger partial charge in [0.05, 0.1) is 0 Å². The van der Waals surface area contributed by atoms with Gasteiger partial charge in [-0.25, -0.2) is 10.8 Å². The van der Waals surface area contributed by atoms with E-state index in [2.05, 4.69) is 26.0 Å². The van der Waals surface area contributed by atoms with Crippen molar-refractivity contribution in [3.63, 3.8) is 0 Å². The highest BCUT2D eigenvalue weighted by Crippen LogP contribution is 2.09. The highest BCUT2D eigenvalue weighted by atomic mass is 16.2. The van der Waals surface area contributed by atoms with Gasteiger partial charge in [-0.3, -0.25) is 10.2 Å². The van der Waals surface area contributed by atoms with Crippen molar-refractivity contribution < 1.29 is 4.79 Å². The quantitative estimate of drug-likeness (QED) is 0.431. The first-order valence-electron chi connectivity index (χ1n) is 5.93. The largest absolute Gasteiger partial charge is 0.358 e. The molecule has 1 aromatic heterocycles. The summed E-state index contributed by atoms with van der Waals surface area (Å²) in [6.07, 6.45) is 0.909. The molecular weight excluding hydrogens is 232 g/mol. The van der Waals surface area contributed by atoms with Gasteiger partial charge >= 0.3 is 0 Å². The molecule has 1 atom stereocenters. The van der Waals surface area contributed by atoms with Crippen LogP contribution in [0.2, 0.25) is 0 Å². The van der Waals surface area contributed by atoms with E-state index < -0.39 is 0 Å². The Kier molecular flexibility index (Phi) is 5.31. The van der Waals surface area contributed by atoms with E-state index >= 15 is 0 Å². The molecule has 5 N–H and O–H groups in total. The topological polar surface area (TPSA) is 105 Å². The lowest BCUT2D eigenvalue weighted by atomic mass is 10.3. The number of nitrogens with two attached hydrogens (primary N) is 1. The van der Waals surface area contributed by atoms with Gasteiger partial charge in [-0.15, -0.1) is 0 Å². The van der Waals surface area contributed by atoms with Crippen LogP contribution in [0, 0.1) is 6.92 Å². The summed E-state index contributed by atoms with van der Waals surface area (Å²) in [4.78, 5) is 19.9. The van der Waals surface area contributed by atoms with Crippen molar-refractivity contribution >= 4 is 17.7 Å². The second kappa shape index (κ2) is 6.75. The van der Waals surface area contributed by atoms with Crippen LogP contribution in [0.15, 0.2) is 6.07 Å². The normalized spacial score (nSPS) is 11.8. The predicted molar refractivity (Wildman–Crippen MR) is 71.0 cm³/mol. The smallest absolute Gasteiger partial charge is 0.242 e. The number of hydrogen-bond acceptors (Lipinski definition) is 6.